The van der Waals surface area contributed by atoms with Gasteiger partial charge in [-0.2, -0.15) is 0 Å². The van der Waals surface area contributed by atoms with Gasteiger partial charge in [-0.25, -0.2) is 0 Å². The summed E-state index contributed by atoms with van der Waals surface area (Å²) >= 11 is 0. The zero-order chi connectivity index (χ0) is 10.8. The third kappa shape index (κ3) is 1.87. The summed E-state index contributed by atoms with van der Waals surface area (Å²) in [6.07, 6.45) is -0.405. The number of anilines is 1. The lowest BCUT2D eigenvalue weighted by atomic mass is 10.1. The van der Waals surface area contributed by atoms with E-state index in [9.17, 15) is 4.79 Å². The van der Waals surface area contributed by atoms with Crippen molar-refractivity contribution in [3.8, 4) is 5.75 Å². The molecule has 0 spiro atoms. The Morgan fingerprint density at radius 3 is 3.07 bits per heavy atom. The molecule has 1 atom stereocenters. The van der Waals surface area contributed by atoms with Crippen LogP contribution in [0.4, 0.5) is 11.4 Å². The number of aliphatic hydroxyl groups is 1. The van der Waals surface area contributed by atoms with E-state index in [4.69, 9.17) is 15.6 Å². The summed E-state index contributed by atoms with van der Waals surface area (Å²) in [4.78, 5) is 11.4. The Morgan fingerprint density at radius 2 is 2.33 bits per heavy atom. The van der Waals surface area contributed by atoms with Crippen LogP contribution in [0.5, 0.6) is 5.75 Å². The number of carbonyl (C=O) groups excluding carboxylic acids is 1. The molecule has 3 N–H and O–H groups in total. The fourth-order valence-electron chi connectivity index (χ4n) is 1.45. The van der Waals surface area contributed by atoms with Gasteiger partial charge in [-0.05, 0) is 12.1 Å². The van der Waals surface area contributed by atoms with Crippen molar-refractivity contribution < 1.29 is 14.6 Å². The molecule has 0 aliphatic carbocycles. The number of hydrogen-bond acceptors (Lipinski definition) is 3. The molecule has 0 fully saturated rings. The first-order chi connectivity index (χ1) is 7.20. The van der Waals surface area contributed by atoms with Crippen molar-refractivity contribution in [1.82, 2.24) is 5.73 Å². The maximum atomic E-state index is 11.4. The highest BCUT2D eigenvalue weighted by Gasteiger charge is 2.26. The van der Waals surface area contributed by atoms with E-state index < -0.39 is 6.10 Å². The van der Waals surface area contributed by atoms with Gasteiger partial charge in [-0.1, -0.05) is 0 Å². The van der Waals surface area contributed by atoms with Crippen molar-refractivity contribution in [2.45, 2.75) is 12.5 Å². The van der Waals surface area contributed by atoms with E-state index in [1.165, 1.54) is 0 Å². The van der Waals surface area contributed by atoms with Crippen molar-refractivity contribution >= 4 is 17.3 Å². The van der Waals surface area contributed by atoms with Crippen LogP contribution < -0.4 is 15.8 Å². The van der Waals surface area contributed by atoms with Gasteiger partial charge in [0, 0.05) is 19.1 Å². The Labute approximate surface area is 86.8 Å². The van der Waals surface area contributed by atoms with Gasteiger partial charge in [0.1, 0.15) is 5.75 Å². The molecule has 1 heterocycles. The molecule has 0 saturated heterocycles. The Bertz CT molecular complexity index is 392. The summed E-state index contributed by atoms with van der Waals surface area (Å²) in [5.74, 6) is 0.231. The highest BCUT2D eigenvalue weighted by Crippen LogP contribution is 2.32. The van der Waals surface area contributed by atoms with Crippen LogP contribution >= 0.6 is 0 Å². The van der Waals surface area contributed by atoms with Gasteiger partial charge in [-0.15, -0.1) is 0 Å². The maximum Gasteiger partial charge on any atom is 0.265 e. The van der Waals surface area contributed by atoms with Crippen LogP contribution in [0.3, 0.4) is 0 Å². The van der Waals surface area contributed by atoms with E-state index >= 15 is 0 Å². The van der Waals surface area contributed by atoms with Crippen molar-refractivity contribution in [1.29, 1.82) is 0 Å². The lowest BCUT2D eigenvalue weighted by Gasteiger charge is -2.25. The number of hydrogen-bond donors (Lipinski definition) is 2. The van der Waals surface area contributed by atoms with Crippen molar-refractivity contribution in [3.05, 3.63) is 18.2 Å². The number of aliphatic hydroxyl groups excluding tert-OH is 1. The van der Waals surface area contributed by atoms with Crippen LogP contribution in [0, 0.1) is 0 Å². The number of rotatable bonds is 2. The van der Waals surface area contributed by atoms with Crippen LogP contribution in [0.1, 0.15) is 6.42 Å². The topological polar surface area (TPSA) is 82.4 Å². The average Bonchev–Trinajstić information content (AvgIpc) is 2.20. The second-order valence-corrected chi connectivity index (χ2v) is 3.32. The Morgan fingerprint density at radius 1 is 1.53 bits per heavy atom. The molecule has 5 nitrogen and oxygen atoms in total. The average molecular weight is 207 g/mol. The quantitative estimate of drug-likeness (QED) is 0.748. The summed E-state index contributed by atoms with van der Waals surface area (Å²) in [6, 6.07) is 4.75. The molecule has 1 aromatic carbocycles. The van der Waals surface area contributed by atoms with E-state index in [1.54, 1.807) is 18.2 Å². The van der Waals surface area contributed by atoms with Crippen molar-refractivity contribution in [2.75, 3.05) is 11.9 Å². The lowest BCUT2D eigenvalue weighted by molar-refractivity contribution is -0.124. The Balaban J connectivity index is 2.26. The summed E-state index contributed by atoms with van der Waals surface area (Å²) in [5, 5.41) is 11.4. The van der Waals surface area contributed by atoms with E-state index in [0.29, 0.717) is 17.1 Å². The Kier molecular flexibility index (Phi) is 2.47. The smallest absolute Gasteiger partial charge is 0.265 e. The van der Waals surface area contributed by atoms with Gasteiger partial charge in [0.15, 0.2) is 6.10 Å². The van der Waals surface area contributed by atoms with Gasteiger partial charge < -0.3 is 20.9 Å². The number of benzene rings is 1. The minimum absolute atomic E-state index is 0.103. The van der Waals surface area contributed by atoms with Crippen molar-refractivity contribution in [3.63, 3.8) is 0 Å². The minimum Gasteiger partial charge on any atom is -0.478 e. The predicted molar refractivity (Wildman–Crippen MR) is 53.9 cm³/mol. The van der Waals surface area contributed by atoms with Crippen LogP contribution in [0.2, 0.25) is 0 Å². The van der Waals surface area contributed by atoms with E-state index in [2.05, 4.69) is 5.32 Å². The third-order valence-corrected chi connectivity index (χ3v) is 2.19. The molecule has 0 bridgehead atoms. The normalized spacial score (nSPS) is 19.0. The predicted octanol–water partition coefficient (Wildman–Crippen LogP) is 0.683. The Hall–Kier alpha value is -1.75. The molecule has 5 heteroatoms. The molecule has 1 aromatic rings. The van der Waals surface area contributed by atoms with Crippen LogP contribution in [0.15, 0.2) is 18.2 Å². The van der Waals surface area contributed by atoms with Gasteiger partial charge in [0.25, 0.3) is 5.91 Å². The first-order valence-electron chi connectivity index (χ1n) is 4.65. The van der Waals surface area contributed by atoms with Gasteiger partial charge >= 0.3 is 0 Å². The fourth-order valence-corrected chi connectivity index (χ4v) is 1.45. The number of nitrogens with one attached hydrogen (secondary N) is 2. The minimum atomic E-state index is -0.663. The second-order valence-electron chi connectivity index (χ2n) is 3.32. The SMILES string of the molecule is [NH]c1ccc2c(c1)OC(CCO)C(=O)N2. The number of ether oxygens (including phenoxy) is 1. The number of amides is 1. The molecule has 1 amide bonds. The van der Waals surface area contributed by atoms with Crippen LogP contribution in [0.25, 0.3) is 0 Å². The molecule has 0 saturated carbocycles. The highest BCUT2D eigenvalue weighted by molar-refractivity contribution is 5.97. The lowest BCUT2D eigenvalue weighted by Crippen LogP contribution is -2.37. The fraction of sp³-hybridized carbons (Fsp3) is 0.300. The zero-order valence-electron chi connectivity index (χ0n) is 7.99. The van der Waals surface area contributed by atoms with Crippen LogP contribution in [-0.4, -0.2) is 23.7 Å². The molecule has 2 rings (SSSR count). The standard InChI is InChI=1S/C10H11N2O3/c11-6-1-2-7-9(5-6)15-8(3-4-13)10(14)12-7/h1-2,5,8,11,13H,3-4H2,(H,12,14). The second kappa shape index (κ2) is 3.78. The molecule has 1 unspecified atom stereocenters. The number of fused-ring (bicyclic) bond motifs is 1. The molecule has 1 aliphatic rings. The summed E-state index contributed by atoms with van der Waals surface area (Å²) in [7, 11) is 0. The first-order valence-corrected chi connectivity index (χ1v) is 4.65. The summed E-state index contributed by atoms with van der Waals surface area (Å²) in [5.41, 5.74) is 8.31. The zero-order valence-corrected chi connectivity index (χ0v) is 7.99. The highest BCUT2D eigenvalue weighted by atomic mass is 16.5. The molecular weight excluding hydrogens is 196 g/mol. The van der Waals surface area contributed by atoms with Crippen LogP contribution in [-0.2, 0) is 4.79 Å². The number of carbonyl (C=O) groups is 1. The summed E-state index contributed by atoms with van der Waals surface area (Å²) < 4.78 is 5.37. The monoisotopic (exact) mass is 207 g/mol. The van der Waals surface area contributed by atoms with Crippen molar-refractivity contribution in [2.24, 2.45) is 0 Å². The summed E-state index contributed by atoms with van der Waals surface area (Å²) in [6.45, 7) is -0.103. The molecule has 15 heavy (non-hydrogen) atoms. The molecule has 1 radical (unpaired) electrons. The van der Waals surface area contributed by atoms with Gasteiger partial charge in [-0.3, -0.25) is 4.79 Å². The van der Waals surface area contributed by atoms with Gasteiger partial charge in [0.05, 0.1) is 11.4 Å². The maximum absolute atomic E-state index is 11.4. The molecule has 0 aromatic heterocycles. The van der Waals surface area contributed by atoms with Gasteiger partial charge in [0.2, 0.25) is 0 Å². The molecular formula is C10H11N2O3. The third-order valence-electron chi connectivity index (χ3n) is 2.19. The first kappa shape index (κ1) is 9.79. The van der Waals surface area contributed by atoms with E-state index in [1.807, 2.05) is 0 Å². The largest absolute Gasteiger partial charge is 0.478 e. The van der Waals surface area contributed by atoms with E-state index in [0.717, 1.165) is 0 Å². The molecule has 1 aliphatic heterocycles. The molecule has 79 valence electrons. The van der Waals surface area contributed by atoms with E-state index in [-0.39, 0.29) is 18.9 Å².